The molecule has 2 heterocycles. The Bertz CT molecular complexity index is 2540. The fraction of sp³-hybridized carbons (Fsp3) is 0. The summed E-state index contributed by atoms with van der Waals surface area (Å²) in [5, 5.41) is 8.78. The van der Waals surface area contributed by atoms with E-state index in [1.54, 1.807) is 0 Å². The average Bonchev–Trinajstić information content (AvgIpc) is 3.15. The maximum atomic E-state index is 5.04. The lowest BCUT2D eigenvalue weighted by Crippen LogP contribution is -1.97. The molecule has 2 aromatic heterocycles. The fourth-order valence-corrected chi connectivity index (χ4v) is 6.58. The zero-order chi connectivity index (χ0) is 30.5. The number of nitrogens with zero attached hydrogens (tertiary/aromatic N) is 3. The molecule has 0 bridgehead atoms. The molecule has 9 aromatic rings. The van der Waals surface area contributed by atoms with Crippen LogP contribution in [0.1, 0.15) is 0 Å². The predicted molar refractivity (Wildman–Crippen MR) is 192 cm³/mol. The summed E-state index contributed by atoms with van der Waals surface area (Å²) in [6.45, 7) is 0. The Morgan fingerprint density at radius 2 is 0.804 bits per heavy atom. The summed E-state index contributed by atoms with van der Waals surface area (Å²) in [7, 11) is 0. The van der Waals surface area contributed by atoms with Gasteiger partial charge in [0.1, 0.15) is 5.69 Å². The molecule has 0 aliphatic carbocycles. The first-order valence-corrected chi connectivity index (χ1v) is 15.5. The lowest BCUT2D eigenvalue weighted by molar-refractivity contribution is 1.16. The highest BCUT2D eigenvalue weighted by atomic mass is 14.9. The van der Waals surface area contributed by atoms with E-state index in [9.17, 15) is 0 Å². The van der Waals surface area contributed by atoms with Crippen molar-refractivity contribution >= 4 is 43.2 Å². The zero-order valence-corrected chi connectivity index (χ0v) is 24.9. The molecule has 0 saturated heterocycles. The van der Waals surface area contributed by atoms with E-state index in [2.05, 4.69) is 121 Å². The first-order valence-electron chi connectivity index (χ1n) is 15.5. The van der Waals surface area contributed by atoms with Crippen molar-refractivity contribution in [2.24, 2.45) is 0 Å². The van der Waals surface area contributed by atoms with Crippen LogP contribution in [-0.2, 0) is 0 Å². The Morgan fingerprint density at radius 3 is 1.50 bits per heavy atom. The van der Waals surface area contributed by atoms with Gasteiger partial charge in [-0.1, -0.05) is 140 Å². The highest BCUT2D eigenvalue weighted by Crippen LogP contribution is 2.37. The standard InChI is InChI=1S/C43H27N3/c1-2-10-29(11-3-1)41-27-42(46-43(45-41)40-25-23-30-12-4-9-17-39(30)44-40)31-20-18-28(19-21-31)32-22-24-37-35-15-6-5-13-33(35)34-14-7-8-16-36(34)38(37)26-32/h1-27H. The number of fused-ring (bicyclic) bond motifs is 7. The summed E-state index contributed by atoms with van der Waals surface area (Å²) in [5.41, 5.74) is 7.84. The van der Waals surface area contributed by atoms with Gasteiger partial charge in [-0.15, -0.1) is 0 Å². The topological polar surface area (TPSA) is 38.7 Å². The van der Waals surface area contributed by atoms with E-state index in [1.165, 1.54) is 37.9 Å². The largest absolute Gasteiger partial charge is 0.244 e. The van der Waals surface area contributed by atoms with Crippen molar-refractivity contribution in [1.82, 2.24) is 15.0 Å². The highest BCUT2D eigenvalue weighted by Gasteiger charge is 2.13. The predicted octanol–water partition coefficient (Wildman–Crippen LogP) is 11.2. The van der Waals surface area contributed by atoms with Crippen molar-refractivity contribution in [2.75, 3.05) is 0 Å². The molecule has 0 atom stereocenters. The summed E-state index contributed by atoms with van der Waals surface area (Å²) < 4.78 is 0. The molecule has 214 valence electrons. The molecule has 3 nitrogen and oxygen atoms in total. The van der Waals surface area contributed by atoms with Gasteiger partial charge in [0.25, 0.3) is 0 Å². The Labute approximate surface area is 266 Å². The molecule has 0 unspecified atom stereocenters. The van der Waals surface area contributed by atoms with Gasteiger partial charge >= 0.3 is 0 Å². The van der Waals surface area contributed by atoms with E-state index in [0.29, 0.717) is 5.82 Å². The Kier molecular flexibility index (Phi) is 6.14. The second-order valence-electron chi connectivity index (χ2n) is 11.6. The summed E-state index contributed by atoms with van der Waals surface area (Å²) in [4.78, 5) is 14.9. The molecular weight excluding hydrogens is 558 g/mol. The number of rotatable bonds is 4. The number of hydrogen-bond acceptors (Lipinski definition) is 3. The fourth-order valence-electron chi connectivity index (χ4n) is 6.58. The van der Waals surface area contributed by atoms with Crippen molar-refractivity contribution in [1.29, 1.82) is 0 Å². The van der Waals surface area contributed by atoms with Gasteiger partial charge in [0.15, 0.2) is 5.82 Å². The molecule has 9 rings (SSSR count). The van der Waals surface area contributed by atoms with Crippen LogP contribution in [0, 0.1) is 0 Å². The van der Waals surface area contributed by atoms with E-state index >= 15 is 0 Å². The lowest BCUT2D eigenvalue weighted by Gasteiger charge is -2.12. The lowest BCUT2D eigenvalue weighted by atomic mass is 9.92. The molecule has 0 aliphatic rings. The molecule has 0 fully saturated rings. The van der Waals surface area contributed by atoms with Crippen molar-refractivity contribution in [3.8, 4) is 45.2 Å². The third kappa shape index (κ3) is 4.49. The number of para-hydroxylation sites is 1. The van der Waals surface area contributed by atoms with Crippen LogP contribution in [0.15, 0.2) is 164 Å². The minimum absolute atomic E-state index is 0.611. The normalized spacial score (nSPS) is 11.5. The maximum Gasteiger partial charge on any atom is 0.179 e. The third-order valence-electron chi connectivity index (χ3n) is 8.88. The van der Waals surface area contributed by atoms with Crippen molar-refractivity contribution in [3.05, 3.63) is 164 Å². The summed E-state index contributed by atoms with van der Waals surface area (Å²) >= 11 is 0. The molecule has 0 spiro atoms. The highest BCUT2D eigenvalue weighted by molar-refractivity contribution is 6.25. The van der Waals surface area contributed by atoms with Crippen molar-refractivity contribution in [3.63, 3.8) is 0 Å². The molecule has 3 heteroatoms. The molecule has 46 heavy (non-hydrogen) atoms. The molecule has 7 aromatic carbocycles. The maximum absolute atomic E-state index is 5.04. The number of hydrogen-bond donors (Lipinski definition) is 0. The van der Waals surface area contributed by atoms with Gasteiger partial charge in [0.2, 0.25) is 0 Å². The van der Waals surface area contributed by atoms with Gasteiger partial charge in [0, 0.05) is 16.5 Å². The zero-order valence-electron chi connectivity index (χ0n) is 24.9. The number of aromatic nitrogens is 3. The number of pyridine rings is 1. The van der Waals surface area contributed by atoms with Gasteiger partial charge in [0.05, 0.1) is 16.9 Å². The van der Waals surface area contributed by atoms with Gasteiger partial charge < -0.3 is 0 Å². The first-order chi connectivity index (χ1) is 22.8. The van der Waals surface area contributed by atoms with Crippen LogP contribution < -0.4 is 0 Å². The Balaban J connectivity index is 1.15. The van der Waals surface area contributed by atoms with E-state index in [-0.39, 0.29) is 0 Å². The molecule has 0 radical (unpaired) electrons. The SMILES string of the molecule is c1ccc(-c2cc(-c3ccc(-c4ccc5c6ccccc6c6ccccc6c5c4)cc3)nc(-c3ccc4ccccc4n3)n2)cc1. The van der Waals surface area contributed by atoms with Gasteiger partial charge in [-0.25, -0.2) is 15.0 Å². The van der Waals surface area contributed by atoms with Crippen LogP contribution in [0.5, 0.6) is 0 Å². The third-order valence-corrected chi connectivity index (χ3v) is 8.88. The van der Waals surface area contributed by atoms with Crippen LogP contribution in [0.25, 0.3) is 88.4 Å². The van der Waals surface area contributed by atoms with Gasteiger partial charge in [-0.3, -0.25) is 0 Å². The van der Waals surface area contributed by atoms with E-state index < -0.39 is 0 Å². The Hall–Kier alpha value is -6.19. The van der Waals surface area contributed by atoms with Crippen LogP contribution in [0.2, 0.25) is 0 Å². The Morgan fingerprint density at radius 1 is 0.283 bits per heavy atom. The smallest absolute Gasteiger partial charge is 0.179 e. The summed E-state index contributed by atoms with van der Waals surface area (Å²) in [5.74, 6) is 0.611. The van der Waals surface area contributed by atoms with E-state index in [0.717, 1.165) is 44.7 Å². The van der Waals surface area contributed by atoms with Crippen LogP contribution in [0.3, 0.4) is 0 Å². The quantitative estimate of drug-likeness (QED) is 0.193. The van der Waals surface area contributed by atoms with Crippen molar-refractivity contribution in [2.45, 2.75) is 0 Å². The summed E-state index contributed by atoms with van der Waals surface area (Å²) in [6.07, 6.45) is 0. The van der Waals surface area contributed by atoms with Crippen LogP contribution >= 0.6 is 0 Å². The van der Waals surface area contributed by atoms with Crippen LogP contribution in [-0.4, -0.2) is 15.0 Å². The summed E-state index contributed by atoms with van der Waals surface area (Å²) in [6, 6.07) is 57.5. The molecule has 0 saturated carbocycles. The number of benzene rings is 7. The van der Waals surface area contributed by atoms with E-state index in [1.807, 2.05) is 42.5 Å². The van der Waals surface area contributed by atoms with Crippen LogP contribution in [0.4, 0.5) is 0 Å². The monoisotopic (exact) mass is 585 g/mol. The van der Waals surface area contributed by atoms with Gasteiger partial charge in [-0.2, -0.15) is 0 Å². The molecule has 0 N–H and O–H groups in total. The minimum atomic E-state index is 0.611. The molecule has 0 amide bonds. The minimum Gasteiger partial charge on any atom is -0.244 e. The first kappa shape index (κ1) is 26.2. The van der Waals surface area contributed by atoms with Gasteiger partial charge in [-0.05, 0) is 67.7 Å². The average molecular weight is 586 g/mol. The molecule has 0 aliphatic heterocycles. The second-order valence-corrected chi connectivity index (χ2v) is 11.6. The van der Waals surface area contributed by atoms with Crippen molar-refractivity contribution < 1.29 is 0 Å². The molecular formula is C43H27N3. The second kappa shape index (κ2) is 10.8. The van der Waals surface area contributed by atoms with E-state index in [4.69, 9.17) is 15.0 Å².